The second-order valence-corrected chi connectivity index (χ2v) is 2.94. The van der Waals surface area contributed by atoms with Crippen LogP contribution in [0.2, 0.25) is 0 Å². The van der Waals surface area contributed by atoms with Crippen molar-refractivity contribution in [2.24, 2.45) is 0 Å². The standard InChI is InChI=1S/C12H20.C2H6.CH3F/c1-5-11(4)9-8-10-12(6-2)7-3;2*1-2/h6,8-10H,5,7H2,1-4H3;1-2H3;1H3/b10-8-,11-9+,12-6-;;. The van der Waals surface area contributed by atoms with Gasteiger partial charge in [0, 0.05) is 0 Å². The predicted octanol–water partition coefficient (Wildman–Crippen LogP) is 5.87. The molecule has 0 aromatic heterocycles. The van der Waals surface area contributed by atoms with Crippen LogP contribution in [0.1, 0.15) is 54.4 Å². The summed E-state index contributed by atoms with van der Waals surface area (Å²) in [5.74, 6) is 0. The zero-order chi connectivity index (χ0) is 13.4. The van der Waals surface area contributed by atoms with E-state index in [0.29, 0.717) is 7.18 Å². The molecule has 0 rings (SSSR count). The van der Waals surface area contributed by atoms with Crippen molar-refractivity contribution in [1.82, 2.24) is 0 Å². The number of halogens is 1. The lowest BCUT2D eigenvalue weighted by Crippen LogP contribution is -1.72. The molecule has 1 heteroatoms. The molecule has 0 aromatic carbocycles. The summed E-state index contributed by atoms with van der Waals surface area (Å²) in [6.07, 6.45) is 10.9. The van der Waals surface area contributed by atoms with E-state index in [4.69, 9.17) is 0 Å². The first-order valence-corrected chi connectivity index (χ1v) is 6.11. The van der Waals surface area contributed by atoms with Crippen LogP contribution in [-0.2, 0) is 0 Å². The van der Waals surface area contributed by atoms with E-state index in [1.54, 1.807) is 0 Å². The summed E-state index contributed by atoms with van der Waals surface area (Å²) < 4.78 is 9.50. The number of hydrogen-bond donors (Lipinski definition) is 0. The van der Waals surface area contributed by atoms with E-state index in [2.05, 4.69) is 52.0 Å². The van der Waals surface area contributed by atoms with E-state index in [-0.39, 0.29) is 0 Å². The lowest BCUT2D eigenvalue weighted by molar-refractivity contribution is 0.636. The third-order valence-electron chi connectivity index (χ3n) is 2.03. The van der Waals surface area contributed by atoms with Crippen LogP contribution in [0.4, 0.5) is 4.39 Å². The molecule has 0 saturated carbocycles. The molecular weight excluding hydrogens is 199 g/mol. The van der Waals surface area contributed by atoms with Gasteiger partial charge in [0.15, 0.2) is 0 Å². The number of hydrogen-bond acceptors (Lipinski definition) is 0. The van der Waals surface area contributed by atoms with E-state index < -0.39 is 0 Å². The molecule has 0 N–H and O–H groups in total. The molecule has 0 aliphatic carbocycles. The Hall–Kier alpha value is -0.850. The summed E-state index contributed by atoms with van der Waals surface area (Å²) in [5, 5.41) is 0. The molecule has 0 fully saturated rings. The summed E-state index contributed by atoms with van der Waals surface area (Å²) in [6, 6.07) is 0. The zero-order valence-electron chi connectivity index (χ0n) is 12.1. The van der Waals surface area contributed by atoms with Crippen molar-refractivity contribution in [3.63, 3.8) is 0 Å². The Bertz CT molecular complexity index is 197. The molecule has 0 heterocycles. The highest BCUT2D eigenvalue weighted by Gasteiger charge is 1.83. The molecular formula is C15H29F. The first kappa shape index (κ1) is 20.5. The van der Waals surface area contributed by atoms with Crippen LogP contribution in [0.3, 0.4) is 0 Å². The van der Waals surface area contributed by atoms with Crippen LogP contribution < -0.4 is 0 Å². The summed E-state index contributed by atoms with van der Waals surface area (Å²) in [6.45, 7) is 12.6. The van der Waals surface area contributed by atoms with Crippen molar-refractivity contribution in [3.8, 4) is 0 Å². The van der Waals surface area contributed by atoms with Gasteiger partial charge in [-0.3, -0.25) is 4.39 Å². The third kappa shape index (κ3) is 15.6. The highest BCUT2D eigenvalue weighted by atomic mass is 19.1. The minimum absolute atomic E-state index is 0.500. The van der Waals surface area contributed by atoms with Crippen molar-refractivity contribution in [2.45, 2.75) is 54.4 Å². The maximum absolute atomic E-state index is 9.50. The molecule has 96 valence electrons. The first-order valence-electron chi connectivity index (χ1n) is 6.11. The molecule has 0 amide bonds. The van der Waals surface area contributed by atoms with Crippen molar-refractivity contribution in [3.05, 3.63) is 35.5 Å². The molecule has 0 bridgehead atoms. The summed E-state index contributed by atoms with van der Waals surface area (Å²) in [5.41, 5.74) is 2.83. The molecule has 0 aliphatic rings. The van der Waals surface area contributed by atoms with Gasteiger partial charge in [-0.15, -0.1) is 0 Å². The Kier molecular flexibility index (Phi) is 25.3. The molecule has 0 unspecified atom stereocenters. The van der Waals surface area contributed by atoms with E-state index in [0.717, 1.165) is 12.8 Å². The fourth-order valence-electron chi connectivity index (χ4n) is 0.872. The van der Waals surface area contributed by atoms with Gasteiger partial charge in [-0.1, -0.05) is 63.1 Å². The van der Waals surface area contributed by atoms with Crippen LogP contribution in [0, 0.1) is 0 Å². The Morgan fingerprint density at radius 1 is 1.06 bits per heavy atom. The Morgan fingerprint density at radius 2 is 1.56 bits per heavy atom. The van der Waals surface area contributed by atoms with Gasteiger partial charge in [-0.25, -0.2) is 0 Å². The molecule has 0 radical (unpaired) electrons. The average Bonchev–Trinajstić information content (AvgIpc) is 2.39. The van der Waals surface area contributed by atoms with Crippen LogP contribution >= 0.6 is 0 Å². The van der Waals surface area contributed by atoms with Gasteiger partial charge in [0.05, 0.1) is 7.18 Å². The molecule has 0 aromatic rings. The molecule has 0 spiro atoms. The topological polar surface area (TPSA) is 0 Å². The van der Waals surface area contributed by atoms with E-state index in [1.807, 2.05) is 13.8 Å². The number of allylic oxidation sites excluding steroid dienone is 6. The van der Waals surface area contributed by atoms with Gasteiger partial charge >= 0.3 is 0 Å². The molecule has 0 atom stereocenters. The SMILES string of the molecule is CC.CF.C\C=C(/C=C\C=C(/C)CC)CC. The quantitative estimate of drug-likeness (QED) is 0.528. The van der Waals surface area contributed by atoms with Crippen molar-refractivity contribution >= 4 is 0 Å². The third-order valence-corrected chi connectivity index (χ3v) is 2.03. The monoisotopic (exact) mass is 228 g/mol. The minimum atomic E-state index is 0.500. The van der Waals surface area contributed by atoms with Gasteiger partial charge in [-0.05, 0) is 26.7 Å². The summed E-state index contributed by atoms with van der Waals surface area (Å²) >= 11 is 0. The lowest BCUT2D eigenvalue weighted by atomic mass is 10.1. The van der Waals surface area contributed by atoms with E-state index >= 15 is 0 Å². The summed E-state index contributed by atoms with van der Waals surface area (Å²) in [7, 11) is 0.500. The van der Waals surface area contributed by atoms with Crippen molar-refractivity contribution < 1.29 is 4.39 Å². The first-order chi connectivity index (χ1) is 7.74. The molecule has 16 heavy (non-hydrogen) atoms. The van der Waals surface area contributed by atoms with Crippen LogP contribution in [0.25, 0.3) is 0 Å². The van der Waals surface area contributed by atoms with Crippen molar-refractivity contribution in [2.75, 3.05) is 7.18 Å². The van der Waals surface area contributed by atoms with Crippen LogP contribution in [-0.4, -0.2) is 7.18 Å². The van der Waals surface area contributed by atoms with E-state index in [1.165, 1.54) is 11.1 Å². The van der Waals surface area contributed by atoms with Gasteiger partial charge < -0.3 is 0 Å². The van der Waals surface area contributed by atoms with E-state index in [9.17, 15) is 4.39 Å². The molecule has 0 aliphatic heterocycles. The Balaban J connectivity index is -0.000000376. The largest absolute Gasteiger partial charge is 0.255 e. The summed E-state index contributed by atoms with van der Waals surface area (Å²) in [4.78, 5) is 0. The van der Waals surface area contributed by atoms with Crippen LogP contribution in [0.15, 0.2) is 35.5 Å². The fraction of sp³-hybridized carbons (Fsp3) is 0.600. The highest BCUT2D eigenvalue weighted by molar-refractivity contribution is 5.22. The lowest BCUT2D eigenvalue weighted by Gasteiger charge is -1.93. The van der Waals surface area contributed by atoms with Crippen molar-refractivity contribution in [1.29, 1.82) is 0 Å². The predicted molar refractivity (Wildman–Crippen MR) is 75.6 cm³/mol. The second-order valence-electron chi connectivity index (χ2n) is 2.94. The maximum Gasteiger partial charge on any atom is 0.0785 e. The number of rotatable bonds is 4. The normalized spacial score (nSPS) is 11.5. The van der Waals surface area contributed by atoms with Gasteiger partial charge in [0.1, 0.15) is 0 Å². The minimum Gasteiger partial charge on any atom is -0.255 e. The molecule has 0 nitrogen and oxygen atoms in total. The number of alkyl halides is 1. The molecule has 0 saturated heterocycles. The van der Waals surface area contributed by atoms with Gasteiger partial charge in [-0.2, -0.15) is 0 Å². The zero-order valence-corrected chi connectivity index (χ0v) is 12.1. The van der Waals surface area contributed by atoms with Gasteiger partial charge in [0.25, 0.3) is 0 Å². The van der Waals surface area contributed by atoms with Crippen LogP contribution in [0.5, 0.6) is 0 Å². The smallest absolute Gasteiger partial charge is 0.0785 e. The average molecular weight is 228 g/mol. The highest BCUT2D eigenvalue weighted by Crippen LogP contribution is 2.03. The van der Waals surface area contributed by atoms with Gasteiger partial charge in [0.2, 0.25) is 0 Å². The Labute approximate surface area is 102 Å². The Morgan fingerprint density at radius 3 is 1.88 bits per heavy atom. The fourth-order valence-corrected chi connectivity index (χ4v) is 0.872. The maximum atomic E-state index is 9.50. The second kappa shape index (κ2) is 19.7.